The van der Waals surface area contributed by atoms with Crippen LogP contribution < -0.4 is 4.74 Å². The van der Waals surface area contributed by atoms with E-state index in [1.165, 1.54) is 24.3 Å². The molecular weight excluding hydrogens is 211 g/mol. The molecule has 0 bridgehead atoms. The van der Waals surface area contributed by atoms with Gasteiger partial charge in [-0.1, -0.05) is 12.2 Å². The van der Waals surface area contributed by atoms with Crippen LogP contribution in [0.5, 0.6) is 5.75 Å². The molecule has 0 saturated carbocycles. The van der Waals surface area contributed by atoms with Gasteiger partial charge in [-0.15, -0.1) is 0 Å². The summed E-state index contributed by atoms with van der Waals surface area (Å²) in [5.41, 5.74) is 0.545. The van der Waals surface area contributed by atoms with Gasteiger partial charge in [0, 0.05) is 5.56 Å². The third-order valence-electron chi connectivity index (χ3n) is 1.86. The van der Waals surface area contributed by atoms with Crippen LogP contribution in [-0.4, -0.2) is 17.7 Å². The minimum absolute atomic E-state index is 0.0952. The minimum atomic E-state index is -0.925. The molecule has 0 radical (unpaired) electrons. The van der Waals surface area contributed by atoms with Crippen molar-refractivity contribution in [3.05, 3.63) is 35.7 Å². The molecule has 0 saturated heterocycles. The van der Waals surface area contributed by atoms with E-state index < -0.39 is 5.97 Å². The number of benzene rings is 1. The van der Waals surface area contributed by atoms with Crippen molar-refractivity contribution in [2.24, 2.45) is 0 Å². The zero-order valence-electron chi connectivity index (χ0n) is 8.94. The lowest BCUT2D eigenvalue weighted by molar-refractivity contribution is -0.135. The van der Waals surface area contributed by atoms with Gasteiger partial charge in [0.2, 0.25) is 0 Å². The summed E-state index contributed by atoms with van der Waals surface area (Å²) in [7, 11) is 0. The molecule has 1 aromatic rings. The van der Waals surface area contributed by atoms with Crippen molar-refractivity contribution >= 4 is 12.0 Å². The Morgan fingerprint density at radius 1 is 1.56 bits per heavy atom. The van der Waals surface area contributed by atoms with E-state index in [1.54, 1.807) is 6.08 Å². The number of aliphatic carboxylic acids is 1. The van der Waals surface area contributed by atoms with Crippen LogP contribution in [0.15, 0.2) is 24.3 Å². The average Bonchev–Trinajstić information content (AvgIpc) is 2.21. The van der Waals surface area contributed by atoms with Crippen LogP contribution in [0.2, 0.25) is 0 Å². The largest absolute Gasteiger partial charge is 0.493 e. The average molecular weight is 224 g/mol. The Labute approximate surface area is 93.2 Å². The highest BCUT2D eigenvalue weighted by Gasteiger charge is 2.02. The van der Waals surface area contributed by atoms with Crippen LogP contribution in [-0.2, 0) is 4.79 Å². The van der Waals surface area contributed by atoms with Gasteiger partial charge in [-0.05, 0) is 25.1 Å². The van der Waals surface area contributed by atoms with Gasteiger partial charge in [0.1, 0.15) is 11.6 Å². The van der Waals surface area contributed by atoms with Crippen molar-refractivity contribution in [3.63, 3.8) is 0 Å². The summed E-state index contributed by atoms with van der Waals surface area (Å²) in [5.74, 6) is -0.755. The molecule has 0 amide bonds. The second-order valence-electron chi connectivity index (χ2n) is 3.12. The summed E-state index contributed by atoms with van der Waals surface area (Å²) in [6.45, 7) is 2.31. The maximum absolute atomic E-state index is 13.0. The fourth-order valence-electron chi connectivity index (χ4n) is 1.22. The van der Waals surface area contributed by atoms with Gasteiger partial charge in [0.25, 0.3) is 0 Å². The highest BCUT2D eigenvalue weighted by atomic mass is 19.1. The van der Waals surface area contributed by atoms with Crippen molar-refractivity contribution in [1.82, 2.24) is 0 Å². The monoisotopic (exact) mass is 224 g/mol. The Morgan fingerprint density at radius 3 is 2.94 bits per heavy atom. The highest BCUT2D eigenvalue weighted by molar-refractivity contribution is 5.71. The van der Waals surface area contributed by atoms with Crippen LogP contribution >= 0.6 is 0 Å². The number of hydrogen-bond acceptors (Lipinski definition) is 2. The molecule has 4 heteroatoms. The molecule has 1 rings (SSSR count). The quantitative estimate of drug-likeness (QED) is 0.836. The van der Waals surface area contributed by atoms with E-state index in [1.807, 2.05) is 6.92 Å². The number of rotatable bonds is 5. The number of hydrogen-bond donors (Lipinski definition) is 1. The van der Waals surface area contributed by atoms with E-state index in [0.29, 0.717) is 17.9 Å². The molecule has 1 N–H and O–H groups in total. The Balaban J connectivity index is 2.86. The Bertz CT molecular complexity index is 399. The maximum Gasteiger partial charge on any atom is 0.307 e. The molecule has 0 atom stereocenters. The first kappa shape index (κ1) is 12.2. The zero-order valence-corrected chi connectivity index (χ0v) is 8.94. The van der Waals surface area contributed by atoms with Crippen LogP contribution in [0.25, 0.3) is 6.08 Å². The van der Waals surface area contributed by atoms with Crippen molar-refractivity contribution < 1.29 is 19.0 Å². The minimum Gasteiger partial charge on any atom is -0.493 e. The number of carboxylic acids is 1. The molecular formula is C12H13FO3. The third kappa shape index (κ3) is 3.73. The summed E-state index contributed by atoms with van der Waals surface area (Å²) in [5, 5.41) is 8.46. The first-order chi connectivity index (χ1) is 7.63. The molecule has 0 aliphatic carbocycles. The fourth-order valence-corrected chi connectivity index (χ4v) is 1.22. The zero-order chi connectivity index (χ0) is 12.0. The molecule has 0 heterocycles. The van der Waals surface area contributed by atoms with E-state index in [9.17, 15) is 9.18 Å². The first-order valence-corrected chi connectivity index (χ1v) is 4.94. The van der Waals surface area contributed by atoms with Crippen LogP contribution in [0.1, 0.15) is 18.9 Å². The molecule has 0 fully saturated rings. The summed E-state index contributed by atoms with van der Waals surface area (Å²) >= 11 is 0. The predicted molar refractivity (Wildman–Crippen MR) is 58.9 cm³/mol. The highest BCUT2D eigenvalue weighted by Crippen LogP contribution is 2.21. The Hall–Kier alpha value is -1.84. The second kappa shape index (κ2) is 5.90. The van der Waals surface area contributed by atoms with Crippen LogP contribution in [0.4, 0.5) is 4.39 Å². The van der Waals surface area contributed by atoms with Crippen molar-refractivity contribution in [1.29, 1.82) is 0 Å². The summed E-state index contributed by atoms with van der Waals surface area (Å²) in [6.07, 6.45) is 2.91. The molecule has 3 nitrogen and oxygen atoms in total. The lowest BCUT2D eigenvalue weighted by Crippen LogP contribution is -1.95. The van der Waals surface area contributed by atoms with Crippen LogP contribution in [0, 0.1) is 5.82 Å². The van der Waals surface area contributed by atoms with E-state index in [4.69, 9.17) is 9.84 Å². The van der Waals surface area contributed by atoms with Gasteiger partial charge >= 0.3 is 5.97 Å². The molecule has 16 heavy (non-hydrogen) atoms. The number of ether oxygens (including phenoxy) is 1. The van der Waals surface area contributed by atoms with E-state index >= 15 is 0 Å². The van der Waals surface area contributed by atoms with Gasteiger partial charge in [0.05, 0.1) is 13.0 Å². The molecule has 0 spiro atoms. The number of halogens is 1. The number of carbonyl (C=O) groups is 1. The molecule has 0 aromatic heterocycles. The van der Waals surface area contributed by atoms with Gasteiger partial charge in [-0.2, -0.15) is 0 Å². The lowest BCUT2D eigenvalue weighted by Gasteiger charge is -2.06. The number of carboxylic acid groups (broad SMARTS) is 1. The fraction of sp³-hybridized carbons (Fsp3) is 0.250. The van der Waals surface area contributed by atoms with E-state index in [-0.39, 0.29) is 12.2 Å². The first-order valence-electron chi connectivity index (χ1n) is 4.94. The standard InChI is InChI=1S/C12H13FO3/c1-2-16-11-7-6-10(13)8-9(11)4-3-5-12(14)15/h3-4,6-8H,2,5H2,1H3,(H,14,15). The summed E-state index contributed by atoms with van der Waals surface area (Å²) < 4.78 is 18.3. The lowest BCUT2D eigenvalue weighted by atomic mass is 10.1. The normalized spacial score (nSPS) is 10.6. The molecule has 1 aromatic carbocycles. The van der Waals surface area contributed by atoms with Crippen molar-refractivity contribution in [3.8, 4) is 5.75 Å². The third-order valence-corrected chi connectivity index (χ3v) is 1.86. The SMILES string of the molecule is CCOc1ccc(F)cc1C=CCC(=O)O. The summed E-state index contributed by atoms with van der Waals surface area (Å²) in [6, 6.07) is 4.14. The Kier molecular flexibility index (Phi) is 4.51. The van der Waals surface area contributed by atoms with Crippen molar-refractivity contribution in [2.45, 2.75) is 13.3 Å². The maximum atomic E-state index is 13.0. The molecule has 0 unspecified atom stereocenters. The molecule has 0 aliphatic heterocycles. The van der Waals surface area contributed by atoms with E-state index in [2.05, 4.69) is 0 Å². The Morgan fingerprint density at radius 2 is 2.31 bits per heavy atom. The van der Waals surface area contributed by atoms with Crippen molar-refractivity contribution in [2.75, 3.05) is 6.61 Å². The molecule has 86 valence electrons. The molecule has 0 aliphatic rings. The van der Waals surface area contributed by atoms with Gasteiger partial charge in [-0.25, -0.2) is 4.39 Å². The predicted octanol–water partition coefficient (Wildman–Crippen LogP) is 2.71. The smallest absolute Gasteiger partial charge is 0.307 e. The van der Waals surface area contributed by atoms with Crippen LogP contribution in [0.3, 0.4) is 0 Å². The van der Waals surface area contributed by atoms with Gasteiger partial charge < -0.3 is 9.84 Å². The van der Waals surface area contributed by atoms with Gasteiger partial charge in [0.15, 0.2) is 0 Å². The second-order valence-corrected chi connectivity index (χ2v) is 3.12. The summed E-state index contributed by atoms with van der Waals surface area (Å²) in [4.78, 5) is 10.3. The van der Waals surface area contributed by atoms with Gasteiger partial charge in [-0.3, -0.25) is 4.79 Å². The van der Waals surface area contributed by atoms with E-state index in [0.717, 1.165) is 0 Å². The topological polar surface area (TPSA) is 46.5 Å².